The largest absolute Gasteiger partial charge is 0.454 e. The van der Waals surface area contributed by atoms with Crippen LogP contribution < -0.4 is 19.7 Å². The van der Waals surface area contributed by atoms with Gasteiger partial charge in [-0.15, -0.1) is 0 Å². The van der Waals surface area contributed by atoms with Crippen molar-refractivity contribution in [1.29, 1.82) is 0 Å². The van der Waals surface area contributed by atoms with Gasteiger partial charge in [-0.25, -0.2) is 9.97 Å². The first-order valence-corrected chi connectivity index (χ1v) is 15.2. The van der Waals surface area contributed by atoms with Gasteiger partial charge in [0.05, 0.1) is 0 Å². The van der Waals surface area contributed by atoms with Crippen LogP contribution in [0.5, 0.6) is 11.5 Å². The zero-order valence-corrected chi connectivity index (χ0v) is 24.5. The SMILES string of the molecule is Cc1cc(N2CCN(Cc3ccc4c(c3)OCO4)CC2)nc(SCc2cccc(C(=O)NCCc3ccccn3)c2)n1. The topological polar surface area (TPSA) is 92.7 Å². The van der Waals surface area contributed by atoms with E-state index in [9.17, 15) is 4.79 Å². The van der Waals surface area contributed by atoms with E-state index in [4.69, 9.17) is 14.5 Å². The minimum atomic E-state index is -0.0791. The van der Waals surface area contributed by atoms with Gasteiger partial charge in [-0.3, -0.25) is 14.7 Å². The van der Waals surface area contributed by atoms with Crippen LogP contribution in [-0.4, -0.2) is 65.3 Å². The molecule has 2 aromatic heterocycles. The summed E-state index contributed by atoms with van der Waals surface area (Å²) >= 11 is 1.59. The van der Waals surface area contributed by atoms with Gasteiger partial charge in [-0.05, 0) is 54.4 Å². The van der Waals surface area contributed by atoms with E-state index in [0.717, 1.165) is 72.1 Å². The Morgan fingerprint density at radius 2 is 1.81 bits per heavy atom. The molecule has 2 aliphatic rings. The second-order valence-corrected chi connectivity index (χ2v) is 11.4. The van der Waals surface area contributed by atoms with Crippen LogP contribution in [0.3, 0.4) is 0 Å². The molecule has 4 aromatic rings. The van der Waals surface area contributed by atoms with Crippen LogP contribution in [0.15, 0.2) is 78.1 Å². The lowest BCUT2D eigenvalue weighted by Crippen LogP contribution is -2.46. The van der Waals surface area contributed by atoms with E-state index in [1.807, 2.05) is 55.5 Å². The molecule has 10 heteroatoms. The summed E-state index contributed by atoms with van der Waals surface area (Å²) in [5, 5.41) is 3.74. The number of piperazine rings is 1. The average molecular weight is 583 g/mol. The third kappa shape index (κ3) is 7.18. The molecule has 2 aliphatic heterocycles. The van der Waals surface area contributed by atoms with Crippen LogP contribution in [-0.2, 0) is 18.7 Å². The van der Waals surface area contributed by atoms with Crippen molar-refractivity contribution in [2.45, 2.75) is 30.8 Å². The predicted molar refractivity (Wildman–Crippen MR) is 163 cm³/mol. The normalized spacial score (nSPS) is 14.6. The van der Waals surface area contributed by atoms with Gasteiger partial charge < -0.3 is 19.7 Å². The maximum Gasteiger partial charge on any atom is 0.251 e. The van der Waals surface area contributed by atoms with E-state index < -0.39 is 0 Å². The van der Waals surface area contributed by atoms with Gasteiger partial charge in [0.15, 0.2) is 16.7 Å². The van der Waals surface area contributed by atoms with Gasteiger partial charge in [-0.2, -0.15) is 0 Å². The zero-order valence-electron chi connectivity index (χ0n) is 23.7. The molecule has 1 saturated heterocycles. The van der Waals surface area contributed by atoms with Crippen LogP contribution in [0, 0.1) is 6.92 Å². The number of amides is 1. The van der Waals surface area contributed by atoms with Crippen LogP contribution in [0.4, 0.5) is 5.82 Å². The average Bonchev–Trinajstić information content (AvgIpc) is 3.49. The zero-order chi connectivity index (χ0) is 28.7. The molecule has 0 spiro atoms. The van der Waals surface area contributed by atoms with E-state index in [2.05, 4.69) is 43.3 Å². The fourth-order valence-electron chi connectivity index (χ4n) is 5.09. The summed E-state index contributed by atoms with van der Waals surface area (Å²) < 4.78 is 11.0. The molecule has 0 atom stereocenters. The lowest BCUT2D eigenvalue weighted by molar-refractivity contribution is 0.0954. The molecule has 4 heterocycles. The highest BCUT2D eigenvalue weighted by molar-refractivity contribution is 7.98. The number of pyridine rings is 1. The molecule has 0 unspecified atom stereocenters. The highest BCUT2D eigenvalue weighted by Crippen LogP contribution is 2.33. The summed E-state index contributed by atoms with van der Waals surface area (Å²) in [7, 11) is 0. The Morgan fingerprint density at radius 1 is 0.929 bits per heavy atom. The van der Waals surface area contributed by atoms with Crippen molar-refractivity contribution in [2.24, 2.45) is 0 Å². The lowest BCUT2D eigenvalue weighted by atomic mass is 10.1. The van der Waals surface area contributed by atoms with Crippen molar-refractivity contribution in [1.82, 2.24) is 25.2 Å². The number of aryl methyl sites for hydroxylation is 1. The van der Waals surface area contributed by atoms with Crippen LogP contribution in [0.1, 0.15) is 32.9 Å². The number of rotatable bonds is 10. The predicted octanol–water partition coefficient (Wildman–Crippen LogP) is 4.50. The summed E-state index contributed by atoms with van der Waals surface area (Å²) in [5.41, 5.74) is 4.85. The first-order valence-electron chi connectivity index (χ1n) is 14.2. The van der Waals surface area contributed by atoms with Crippen molar-refractivity contribution in [3.8, 4) is 11.5 Å². The smallest absolute Gasteiger partial charge is 0.251 e. The minimum absolute atomic E-state index is 0.0791. The van der Waals surface area contributed by atoms with Crippen molar-refractivity contribution in [2.75, 3.05) is 44.4 Å². The molecule has 1 amide bonds. The standard InChI is InChI=1S/C32H34N6O3S/c1-23-17-30(38-15-13-37(14-16-38)20-24-8-9-28-29(19-24)41-22-40-28)36-32(35-23)42-21-25-5-4-6-26(18-25)31(39)34-12-10-27-7-2-3-11-33-27/h2-9,11,17-19H,10,12-16,20-22H2,1H3,(H,34,39). The van der Waals surface area contributed by atoms with E-state index >= 15 is 0 Å². The number of anilines is 1. The fraction of sp³-hybridized carbons (Fsp3) is 0.312. The van der Waals surface area contributed by atoms with Crippen molar-refractivity contribution >= 4 is 23.5 Å². The molecule has 0 saturated carbocycles. The summed E-state index contributed by atoms with van der Waals surface area (Å²) in [6.45, 7) is 7.46. The molecule has 1 N–H and O–H groups in total. The number of carbonyl (C=O) groups excluding carboxylic acids is 1. The van der Waals surface area contributed by atoms with Gasteiger partial charge in [-0.1, -0.05) is 36.0 Å². The van der Waals surface area contributed by atoms with Crippen molar-refractivity contribution in [3.05, 3.63) is 101 Å². The highest BCUT2D eigenvalue weighted by atomic mass is 32.2. The fourth-order valence-corrected chi connectivity index (χ4v) is 5.93. The van der Waals surface area contributed by atoms with E-state index in [1.165, 1.54) is 5.56 Å². The Bertz CT molecular complexity index is 1530. The number of nitrogens with one attached hydrogen (secondary N) is 1. The summed E-state index contributed by atoms with van der Waals surface area (Å²) in [4.78, 5) is 31.4. The summed E-state index contributed by atoms with van der Waals surface area (Å²) in [6.07, 6.45) is 2.47. The Hall–Kier alpha value is -4.15. The molecule has 1 fully saturated rings. The maximum atomic E-state index is 12.7. The number of benzene rings is 2. The monoisotopic (exact) mass is 582 g/mol. The molecule has 0 radical (unpaired) electrons. The summed E-state index contributed by atoms with van der Waals surface area (Å²) in [6, 6.07) is 21.8. The number of carbonyl (C=O) groups is 1. The van der Waals surface area contributed by atoms with E-state index in [0.29, 0.717) is 31.1 Å². The first kappa shape index (κ1) is 28.0. The molecule has 42 heavy (non-hydrogen) atoms. The number of fused-ring (bicyclic) bond motifs is 1. The molecule has 9 nitrogen and oxygen atoms in total. The number of nitrogens with zero attached hydrogens (tertiary/aromatic N) is 5. The Labute approximate surface area is 250 Å². The Morgan fingerprint density at radius 3 is 2.67 bits per heavy atom. The molecule has 2 aromatic carbocycles. The van der Waals surface area contributed by atoms with Crippen LogP contribution in [0.2, 0.25) is 0 Å². The Balaban J connectivity index is 1.00. The molecule has 0 aliphatic carbocycles. The third-order valence-corrected chi connectivity index (χ3v) is 8.23. The van der Waals surface area contributed by atoms with E-state index in [1.54, 1.807) is 18.0 Å². The van der Waals surface area contributed by atoms with Crippen molar-refractivity contribution < 1.29 is 14.3 Å². The number of hydrogen-bond donors (Lipinski definition) is 1. The van der Waals surface area contributed by atoms with E-state index in [-0.39, 0.29) is 5.91 Å². The molecular formula is C32H34N6O3S. The van der Waals surface area contributed by atoms with Crippen LogP contribution in [0.25, 0.3) is 0 Å². The lowest BCUT2D eigenvalue weighted by Gasteiger charge is -2.35. The minimum Gasteiger partial charge on any atom is -0.454 e. The molecule has 216 valence electrons. The summed E-state index contributed by atoms with van der Waals surface area (Å²) in [5.74, 6) is 3.22. The van der Waals surface area contributed by atoms with Gasteiger partial charge in [0.2, 0.25) is 6.79 Å². The second kappa shape index (κ2) is 13.2. The quantitative estimate of drug-likeness (QED) is 0.214. The Kier molecular flexibility index (Phi) is 8.81. The number of ether oxygens (including phenoxy) is 2. The van der Waals surface area contributed by atoms with Gasteiger partial charge in [0.1, 0.15) is 5.82 Å². The number of thioether (sulfide) groups is 1. The molecule has 0 bridgehead atoms. The molecule has 6 rings (SSSR count). The second-order valence-electron chi connectivity index (χ2n) is 10.4. The van der Waals surface area contributed by atoms with Gasteiger partial charge in [0.25, 0.3) is 5.91 Å². The van der Waals surface area contributed by atoms with Crippen molar-refractivity contribution in [3.63, 3.8) is 0 Å². The number of hydrogen-bond acceptors (Lipinski definition) is 9. The third-order valence-electron chi connectivity index (χ3n) is 7.31. The van der Waals surface area contributed by atoms with Gasteiger partial charge in [0, 0.05) is 80.7 Å². The van der Waals surface area contributed by atoms with Crippen LogP contribution >= 0.6 is 11.8 Å². The first-order chi connectivity index (χ1) is 20.6. The highest BCUT2D eigenvalue weighted by Gasteiger charge is 2.21. The maximum absolute atomic E-state index is 12.7. The number of aromatic nitrogens is 3. The molecular weight excluding hydrogens is 548 g/mol. The van der Waals surface area contributed by atoms with Gasteiger partial charge >= 0.3 is 0 Å².